The lowest BCUT2D eigenvalue weighted by molar-refractivity contribution is -0.148. The average molecular weight is 347 g/mol. The van der Waals surface area contributed by atoms with Gasteiger partial charge in [0.15, 0.2) is 0 Å². The molecule has 0 aliphatic rings. The first kappa shape index (κ1) is 23.5. The Hall–Kier alpha value is -1.49. The first-order chi connectivity index (χ1) is 11.9. The minimum absolute atomic E-state index is 0.321. The Kier molecular flexibility index (Phi) is 13.9. The van der Waals surface area contributed by atoms with E-state index in [1.807, 2.05) is 26.8 Å². The topological polar surface area (TPSA) is 26.3 Å². The van der Waals surface area contributed by atoms with E-state index in [1.54, 1.807) is 0 Å². The Labute approximate surface area is 156 Å². The summed E-state index contributed by atoms with van der Waals surface area (Å²) < 4.78 is 5.37. The monoisotopic (exact) mass is 346 g/mol. The van der Waals surface area contributed by atoms with Gasteiger partial charge in [0.25, 0.3) is 0 Å². The molecule has 0 aromatic rings. The number of ether oxygens (including phenoxy) is 1. The molecule has 0 aromatic carbocycles. The number of rotatable bonds is 11. The third-order valence-electron chi connectivity index (χ3n) is 3.59. The zero-order valence-corrected chi connectivity index (χ0v) is 17.1. The predicted octanol–water partition coefficient (Wildman–Crippen LogP) is 6.75. The standard InChI is InChI=1S/C23H38O2/c1-6-8-10-12-14-16-18-21(19-17-15-13-11-9-7-2)20-22(24)25-23(3,4)5/h16,18,20H,6-15H2,1-5H3/b18-16+,21-20-. The van der Waals surface area contributed by atoms with Gasteiger partial charge in [0.05, 0.1) is 0 Å². The van der Waals surface area contributed by atoms with Crippen LogP contribution in [-0.4, -0.2) is 11.6 Å². The number of esters is 1. The minimum atomic E-state index is -0.476. The average Bonchev–Trinajstić information content (AvgIpc) is 2.51. The maximum atomic E-state index is 12.0. The molecule has 0 fully saturated rings. The van der Waals surface area contributed by atoms with Crippen LogP contribution in [0.1, 0.15) is 98.8 Å². The lowest BCUT2D eigenvalue weighted by Gasteiger charge is -2.18. The quantitative estimate of drug-likeness (QED) is 0.136. The number of unbranched alkanes of at least 4 members (excludes halogenated alkanes) is 8. The molecule has 0 rings (SSSR count). The van der Waals surface area contributed by atoms with Crippen LogP contribution in [0.5, 0.6) is 0 Å². The lowest BCUT2D eigenvalue weighted by atomic mass is 10.1. The molecule has 0 N–H and O–H groups in total. The van der Waals surface area contributed by atoms with Crippen LogP contribution in [0.3, 0.4) is 0 Å². The molecular weight excluding hydrogens is 308 g/mol. The Morgan fingerprint density at radius 2 is 1.60 bits per heavy atom. The molecular formula is C23H38O2. The SMILES string of the molecule is CCCCCCC#CC(=C\C(=O)OC(C)(C)C)/C=C/CCCCCC. The molecule has 0 unspecified atom stereocenters. The molecule has 142 valence electrons. The fourth-order valence-corrected chi connectivity index (χ4v) is 2.29. The normalized spacial score (nSPS) is 12.1. The largest absolute Gasteiger partial charge is 0.457 e. The number of carbonyl (C=O) groups excluding carboxylic acids is 1. The van der Waals surface area contributed by atoms with E-state index >= 15 is 0 Å². The zero-order chi connectivity index (χ0) is 19.0. The van der Waals surface area contributed by atoms with E-state index < -0.39 is 5.60 Å². The summed E-state index contributed by atoms with van der Waals surface area (Å²) in [7, 11) is 0. The molecule has 0 aromatic heterocycles. The van der Waals surface area contributed by atoms with E-state index in [2.05, 4.69) is 31.8 Å². The summed E-state index contributed by atoms with van der Waals surface area (Å²) >= 11 is 0. The van der Waals surface area contributed by atoms with Crippen molar-refractivity contribution in [3.63, 3.8) is 0 Å². The first-order valence-corrected chi connectivity index (χ1v) is 9.99. The minimum Gasteiger partial charge on any atom is -0.457 e. The van der Waals surface area contributed by atoms with Gasteiger partial charge in [0, 0.05) is 18.1 Å². The molecule has 2 heteroatoms. The highest BCUT2D eigenvalue weighted by Crippen LogP contribution is 2.10. The Balaban J connectivity index is 4.67. The molecule has 0 aliphatic heterocycles. The van der Waals surface area contributed by atoms with Gasteiger partial charge in [-0.15, -0.1) is 0 Å². The fraction of sp³-hybridized carbons (Fsp3) is 0.696. The molecule has 0 heterocycles. The summed E-state index contributed by atoms with van der Waals surface area (Å²) in [5.41, 5.74) is 0.274. The Morgan fingerprint density at radius 1 is 0.960 bits per heavy atom. The summed E-state index contributed by atoms with van der Waals surface area (Å²) in [6.07, 6.45) is 17.4. The highest BCUT2D eigenvalue weighted by molar-refractivity contribution is 5.84. The van der Waals surface area contributed by atoms with Crippen molar-refractivity contribution >= 4 is 5.97 Å². The van der Waals surface area contributed by atoms with E-state index in [4.69, 9.17) is 4.74 Å². The van der Waals surface area contributed by atoms with Gasteiger partial charge in [-0.1, -0.05) is 76.4 Å². The molecule has 0 aliphatic carbocycles. The maximum absolute atomic E-state index is 12.0. The molecule has 0 atom stereocenters. The van der Waals surface area contributed by atoms with Crippen LogP contribution >= 0.6 is 0 Å². The van der Waals surface area contributed by atoms with Crippen LogP contribution in [0.4, 0.5) is 0 Å². The van der Waals surface area contributed by atoms with E-state index in [0.717, 1.165) is 24.8 Å². The van der Waals surface area contributed by atoms with Crippen LogP contribution in [0.2, 0.25) is 0 Å². The molecule has 0 saturated heterocycles. The lowest BCUT2D eigenvalue weighted by Crippen LogP contribution is -2.22. The number of hydrogen-bond donors (Lipinski definition) is 0. The molecule has 0 radical (unpaired) electrons. The number of allylic oxidation sites excluding steroid dienone is 3. The van der Waals surface area contributed by atoms with Crippen molar-refractivity contribution in [3.05, 3.63) is 23.8 Å². The van der Waals surface area contributed by atoms with Crippen molar-refractivity contribution in [2.75, 3.05) is 0 Å². The third-order valence-corrected chi connectivity index (χ3v) is 3.59. The van der Waals surface area contributed by atoms with Gasteiger partial charge in [-0.05, 0) is 40.0 Å². The van der Waals surface area contributed by atoms with Gasteiger partial charge >= 0.3 is 5.97 Å². The van der Waals surface area contributed by atoms with Crippen molar-refractivity contribution in [2.24, 2.45) is 0 Å². The van der Waals surface area contributed by atoms with Crippen LogP contribution in [0.25, 0.3) is 0 Å². The zero-order valence-electron chi connectivity index (χ0n) is 17.1. The van der Waals surface area contributed by atoms with Gasteiger partial charge in [0.1, 0.15) is 5.60 Å². The third kappa shape index (κ3) is 17.1. The highest BCUT2D eigenvalue weighted by atomic mass is 16.6. The van der Waals surface area contributed by atoms with Gasteiger partial charge in [-0.2, -0.15) is 0 Å². The Morgan fingerprint density at radius 3 is 2.20 bits per heavy atom. The van der Waals surface area contributed by atoms with E-state index in [1.165, 1.54) is 51.0 Å². The van der Waals surface area contributed by atoms with E-state index in [0.29, 0.717) is 0 Å². The second-order valence-corrected chi connectivity index (χ2v) is 7.50. The van der Waals surface area contributed by atoms with Crippen molar-refractivity contribution in [1.82, 2.24) is 0 Å². The Bertz CT molecular complexity index is 467. The van der Waals surface area contributed by atoms with Gasteiger partial charge in [-0.25, -0.2) is 4.79 Å². The second kappa shape index (κ2) is 14.8. The molecule has 25 heavy (non-hydrogen) atoms. The van der Waals surface area contributed by atoms with E-state index in [9.17, 15) is 4.79 Å². The van der Waals surface area contributed by atoms with Crippen molar-refractivity contribution in [3.8, 4) is 11.8 Å². The van der Waals surface area contributed by atoms with Gasteiger partial charge in [0.2, 0.25) is 0 Å². The summed E-state index contributed by atoms with van der Waals surface area (Å²) in [6.45, 7) is 10.1. The van der Waals surface area contributed by atoms with Gasteiger partial charge < -0.3 is 4.74 Å². The van der Waals surface area contributed by atoms with Crippen molar-refractivity contribution in [1.29, 1.82) is 0 Å². The molecule has 0 spiro atoms. The van der Waals surface area contributed by atoms with E-state index in [-0.39, 0.29) is 5.97 Å². The predicted molar refractivity (Wildman–Crippen MR) is 108 cm³/mol. The highest BCUT2D eigenvalue weighted by Gasteiger charge is 2.14. The number of carbonyl (C=O) groups is 1. The smallest absolute Gasteiger partial charge is 0.332 e. The maximum Gasteiger partial charge on any atom is 0.332 e. The number of hydrogen-bond acceptors (Lipinski definition) is 2. The molecule has 0 bridgehead atoms. The summed E-state index contributed by atoms with van der Waals surface area (Å²) in [5.74, 6) is 6.01. The van der Waals surface area contributed by atoms with Crippen LogP contribution in [-0.2, 0) is 9.53 Å². The second-order valence-electron chi connectivity index (χ2n) is 7.50. The first-order valence-electron chi connectivity index (χ1n) is 9.99. The van der Waals surface area contributed by atoms with Crippen LogP contribution in [0, 0.1) is 11.8 Å². The fourth-order valence-electron chi connectivity index (χ4n) is 2.29. The van der Waals surface area contributed by atoms with Crippen molar-refractivity contribution in [2.45, 2.75) is 104 Å². The summed E-state index contributed by atoms with van der Waals surface area (Å²) in [4.78, 5) is 12.0. The van der Waals surface area contributed by atoms with Crippen LogP contribution in [0.15, 0.2) is 23.8 Å². The summed E-state index contributed by atoms with van der Waals surface area (Å²) in [5, 5.41) is 0. The molecule has 2 nitrogen and oxygen atoms in total. The van der Waals surface area contributed by atoms with Gasteiger partial charge in [-0.3, -0.25) is 0 Å². The van der Waals surface area contributed by atoms with Crippen LogP contribution < -0.4 is 0 Å². The van der Waals surface area contributed by atoms with Crippen molar-refractivity contribution < 1.29 is 9.53 Å². The molecule has 0 amide bonds. The molecule has 0 saturated carbocycles. The summed E-state index contributed by atoms with van der Waals surface area (Å²) in [6, 6.07) is 0.